The molecule has 0 spiro atoms. The molecule has 21 heavy (non-hydrogen) atoms. The molecule has 1 aliphatic rings. The zero-order valence-corrected chi connectivity index (χ0v) is 13.7. The van der Waals surface area contributed by atoms with Crippen molar-refractivity contribution in [1.82, 2.24) is 0 Å². The number of hydrogen-bond acceptors (Lipinski definition) is 2. The summed E-state index contributed by atoms with van der Waals surface area (Å²) >= 11 is 9.40. The van der Waals surface area contributed by atoms with Crippen molar-refractivity contribution >= 4 is 33.3 Å². The Morgan fingerprint density at radius 1 is 1.29 bits per heavy atom. The van der Waals surface area contributed by atoms with Crippen LogP contribution in [-0.4, -0.2) is 12.4 Å². The first-order valence-corrected chi connectivity index (χ1v) is 8.02. The van der Waals surface area contributed by atoms with E-state index in [1.165, 1.54) is 0 Å². The van der Waals surface area contributed by atoms with Crippen LogP contribution >= 0.6 is 27.5 Å². The van der Waals surface area contributed by atoms with E-state index in [1.807, 2.05) is 36.4 Å². The van der Waals surface area contributed by atoms with E-state index in [2.05, 4.69) is 15.9 Å². The van der Waals surface area contributed by atoms with Crippen LogP contribution in [0.4, 0.5) is 0 Å². The van der Waals surface area contributed by atoms with Gasteiger partial charge in [0.25, 0.3) is 0 Å². The molecule has 4 heteroatoms. The highest BCUT2D eigenvalue weighted by Gasteiger charge is 2.24. The Hall–Kier alpha value is -1.32. The molecule has 3 rings (SSSR count). The van der Waals surface area contributed by atoms with E-state index in [0.717, 1.165) is 22.2 Å². The summed E-state index contributed by atoms with van der Waals surface area (Å²) in [7, 11) is 0. The highest BCUT2D eigenvalue weighted by molar-refractivity contribution is 9.10. The van der Waals surface area contributed by atoms with Crippen molar-refractivity contribution in [3.8, 4) is 5.75 Å². The summed E-state index contributed by atoms with van der Waals surface area (Å²) < 4.78 is 6.44. The third-order valence-corrected chi connectivity index (χ3v) is 4.99. The van der Waals surface area contributed by atoms with E-state index >= 15 is 0 Å². The second kappa shape index (κ2) is 6.20. The number of benzene rings is 2. The Balaban J connectivity index is 1.81. The fraction of sp³-hybridized carbons (Fsp3) is 0.235. The van der Waals surface area contributed by atoms with Gasteiger partial charge in [0.15, 0.2) is 5.78 Å². The lowest BCUT2D eigenvalue weighted by atomic mass is 9.87. The fourth-order valence-electron chi connectivity index (χ4n) is 2.64. The van der Waals surface area contributed by atoms with Crippen LogP contribution in [0.2, 0.25) is 5.02 Å². The number of carbonyl (C=O) groups is 1. The molecule has 0 amide bonds. The summed E-state index contributed by atoms with van der Waals surface area (Å²) in [6.45, 7) is 0.663. The Kier molecular flexibility index (Phi) is 4.32. The molecule has 0 aromatic heterocycles. The molecule has 0 radical (unpaired) electrons. The van der Waals surface area contributed by atoms with Crippen molar-refractivity contribution < 1.29 is 9.53 Å². The zero-order chi connectivity index (χ0) is 14.8. The van der Waals surface area contributed by atoms with Gasteiger partial charge in [0.05, 0.1) is 11.6 Å². The summed E-state index contributed by atoms with van der Waals surface area (Å²) in [5.74, 6) is 1.23. The Labute approximate surface area is 137 Å². The lowest BCUT2D eigenvalue weighted by molar-refractivity contribution is 0.0966. The van der Waals surface area contributed by atoms with Gasteiger partial charge < -0.3 is 4.74 Å². The van der Waals surface area contributed by atoms with Crippen molar-refractivity contribution in [3.63, 3.8) is 0 Å². The molecule has 0 saturated heterocycles. The second-order valence-corrected chi connectivity index (χ2v) is 6.39. The molecular formula is C17H14BrClO2. The largest absolute Gasteiger partial charge is 0.493 e. The van der Waals surface area contributed by atoms with Crippen molar-refractivity contribution in [3.05, 3.63) is 63.1 Å². The molecular weight excluding hydrogens is 352 g/mol. The number of para-hydroxylation sites is 1. The number of fused-ring (bicyclic) bond motifs is 1. The average Bonchev–Trinajstić information content (AvgIpc) is 2.50. The Bertz CT molecular complexity index is 684. The van der Waals surface area contributed by atoms with Crippen LogP contribution in [0, 0.1) is 0 Å². The quantitative estimate of drug-likeness (QED) is 0.695. The van der Waals surface area contributed by atoms with Gasteiger partial charge in [-0.15, -0.1) is 0 Å². The molecule has 2 aromatic rings. The van der Waals surface area contributed by atoms with Crippen LogP contribution in [-0.2, 0) is 0 Å². The molecule has 1 unspecified atom stereocenters. The smallest absolute Gasteiger partial charge is 0.163 e. The zero-order valence-electron chi connectivity index (χ0n) is 11.3. The first kappa shape index (κ1) is 14.6. The van der Waals surface area contributed by atoms with Gasteiger partial charge in [-0.1, -0.05) is 35.9 Å². The minimum Gasteiger partial charge on any atom is -0.493 e. The fourth-order valence-corrected chi connectivity index (χ4v) is 3.07. The van der Waals surface area contributed by atoms with Crippen LogP contribution in [0.1, 0.15) is 34.7 Å². The van der Waals surface area contributed by atoms with Crippen LogP contribution in [0.5, 0.6) is 5.75 Å². The van der Waals surface area contributed by atoms with Crippen molar-refractivity contribution in [2.45, 2.75) is 18.8 Å². The van der Waals surface area contributed by atoms with Gasteiger partial charge in [-0.3, -0.25) is 4.79 Å². The van der Waals surface area contributed by atoms with E-state index < -0.39 is 0 Å². The highest BCUT2D eigenvalue weighted by atomic mass is 79.9. The van der Waals surface area contributed by atoms with E-state index in [1.54, 1.807) is 6.07 Å². The third-order valence-electron chi connectivity index (χ3n) is 3.76. The number of ketones is 1. The number of ether oxygens (including phenoxy) is 1. The maximum atomic E-state index is 12.5. The SMILES string of the molecule is O=C(CC1CCOc2ccccc21)c1ccc(Br)c(Cl)c1. The van der Waals surface area contributed by atoms with Crippen LogP contribution < -0.4 is 4.74 Å². The number of rotatable bonds is 3. The second-order valence-electron chi connectivity index (χ2n) is 5.13. The van der Waals surface area contributed by atoms with Gasteiger partial charge in [-0.05, 0) is 52.0 Å². The van der Waals surface area contributed by atoms with E-state index in [-0.39, 0.29) is 11.7 Å². The molecule has 1 atom stereocenters. The summed E-state index contributed by atoms with van der Waals surface area (Å²) in [5.41, 5.74) is 1.78. The summed E-state index contributed by atoms with van der Waals surface area (Å²) in [4.78, 5) is 12.5. The average molecular weight is 366 g/mol. The number of halogens is 2. The molecule has 0 fully saturated rings. The summed E-state index contributed by atoms with van der Waals surface area (Å²) in [6.07, 6.45) is 1.35. The van der Waals surface area contributed by atoms with E-state index in [9.17, 15) is 4.79 Å². The molecule has 0 bridgehead atoms. The van der Waals surface area contributed by atoms with Gasteiger partial charge >= 0.3 is 0 Å². The van der Waals surface area contributed by atoms with Gasteiger partial charge in [-0.2, -0.15) is 0 Å². The van der Waals surface area contributed by atoms with E-state index in [0.29, 0.717) is 23.6 Å². The lowest BCUT2D eigenvalue weighted by Gasteiger charge is -2.25. The lowest BCUT2D eigenvalue weighted by Crippen LogP contribution is -2.17. The first-order chi connectivity index (χ1) is 10.1. The summed E-state index contributed by atoms with van der Waals surface area (Å²) in [5, 5.41) is 0.563. The van der Waals surface area contributed by atoms with Gasteiger partial charge in [0.1, 0.15) is 5.75 Å². The highest BCUT2D eigenvalue weighted by Crippen LogP contribution is 2.36. The molecule has 2 nitrogen and oxygen atoms in total. The molecule has 1 aliphatic heterocycles. The van der Waals surface area contributed by atoms with E-state index in [4.69, 9.17) is 16.3 Å². The molecule has 0 saturated carbocycles. The Morgan fingerprint density at radius 3 is 2.90 bits per heavy atom. The third kappa shape index (κ3) is 3.14. The predicted molar refractivity (Wildman–Crippen MR) is 87.4 cm³/mol. The van der Waals surface area contributed by atoms with Gasteiger partial charge in [0.2, 0.25) is 0 Å². The van der Waals surface area contributed by atoms with Crippen LogP contribution in [0.3, 0.4) is 0 Å². The molecule has 2 aromatic carbocycles. The minimum absolute atomic E-state index is 0.117. The van der Waals surface area contributed by atoms with Crippen molar-refractivity contribution in [2.75, 3.05) is 6.61 Å². The topological polar surface area (TPSA) is 26.3 Å². The first-order valence-electron chi connectivity index (χ1n) is 6.85. The molecule has 0 N–H and O–H groups in total. The standard InChI is InChI=1S/C17H14BrClO2/c18-14-6-5-12(9-15(14)19)16(20)10-11-7-8-21-17-4-2-1-3-13(11)17/h1-6,9,11H,7-8,10H2. The summed E-state index contributed by atoms with van der Waals surface area (Å²) in [6, 6.07) is 13.3. The molecule has 108 valence electrons. The maximum Gasteiger partial charge on any atom is 0.163 e. The minimum atomic E-state index is 0.117. The maximum absolute atomic E-state index is 12.5. The molecule has 0 aliphatic carbocycles. The van der Waals surface area contributed by atoms with Gasteiger partial charge in [-0.25, -0.2) is 0 Å². The monoisotopic (exact) mass is 364 g/mol. The Morgan fingerprint density at radius 2 is 2.10 bits per heavy atom. The predicted octanol–water partition coefficient (Wildman–Crippen LogP) is 5.24. The number of Topliss-reactive ketones (excluding diaryl/α,β-unsaturated/α-hetero) is 1. The van der Waals surface area contributed by atoms with Crippen LogP contribution in [0.25, 0.3) is 0 Å². The van der Waals surface area contributed by atoms with Crippen molar-refractivity contribution in [1.29, 1.82) is 0 Å². The van der Waals surface area contributed by atoms with Crippen molar-refractivity contribution in [2.24, 2.45) is 0 Å². The normalized spacial score (nSPS) is 17.0. The van der Waals surface area contributed by atoms with Gasteiger partial charge in [0, 0.05) is 16.5 Å². The number of carbonyl (C=O) groups excluding carboxylic acids is 1. The molecule has 1 heterocycles. The number of hydrogen-bond donors (Lipinski definition) is 0. The van der Waals surface area contributed by atoms with Crippen LogP contribution in [0.15, 0.2) is 46.9 Å².